The van der Waals surface area contributed by atoms with Crippen LogP contribution in [-0.2, 0) is 4.74 Å². The van der Waals surface area contributed by atoms with Crippen LogP contribution in [0.25, 0.3) is 0 Å². The van der Waals surface area contributed by atoms with E-state index in [1.807, 2.05) is 13.8 Å². The minimum Gasteiger partial charge on any atom is -0.383 e. The number of methoxy groups -OCH3 is 1. The SMILES string of the molecule is CCN(c1nc(C)c(C)nc1Cl)C(C)COC. The lowest BCUT2D eigenvalue weighted by Crippen LogP contribution is -2.37. The van der Waals surface area contributed by atoms with Crippen molar-refractivity contribution < 1.29 is 4.74 Å². The quantitative estimate of drug-likeness (QED) is 0.813. The molecule has 0 spiro atoms. The Labute approximate surface area is 108 Å². The van der Waals surface area contributed by atoms with Gasteiger partial charge in [0, 0.05) is 13.7 Å². The maximum absolute atomic E-state index is 6.16. The highest BCUT2D eigenvalue weighted by Crippen LogP contribution is 2.24. The summed E-state index contributed by atoms with van der Waals surface area (Å²) in [6.07, 6.45) is 0. The highest BCUT2D eigenvalue weighted by atomic mass is 35.5. The number of aromatic nitrogens is 2. The summed E-state index contributed by atoms with van der Waals surface area (Å²) >= 11 is 6.16. The first kappa shape index (κ1) is 14.2. The fraction of sp³-hybridized carbons (Fsp3) is 0.667. The summed E-state index contributed by atoms with van der Waals surface area (Å²) in [6.45, 7) is 9.46. The molecule has 1 rings (SSSR count). The molecule has 1 aromatic rings. The number of rotatable bonds is 5. The van der Waals surface area contributed by atoms with Crippen LogP contribution in [0.1, 0.15) is 25.2 Å². The predicted molar refractivity (Wildman–Crippen MR) is 70.9 cm³/mol. The van der Waals surface area contributed by atoms with Crippen molar-refractivity contribution in [2.45, 2.75) is 33.7 Å². The molecule has 4 nitrogen and oxygen atoms in total. The van der Waals surface area contributed by atoms with Gasteiger partial charge in [-0.2, -0.15) is 0 Å². The molecule has 96 valence electrons. The van der Waals surface area contributed by atoms with Crippen molar-refractivity contribution in [2.75, 3.05) is 25.2 Å². The van der Waals surface area contributed by atoms with E-state index in [-0.39, 0.29) is 6.04 Å². The number of ether oxygens (including phenoxy) is 1. The molecular formula is C12H20ClN3O. The first-order valence-corrected chi connectivity index (χ1v) is 6.15. The Kier molecular flexibility index (Phi) is 5.15. The van der Waals surface area contributed by atoms with Crippen molar-refractivity contribution in [3.8, 4) is 0 Å². The Bertz CT molecular complexity index is 384. The number of hydrogen-bond donors (Lipinski definition) is 0. The third-order valence-electron chi connectivity index (χ3n) is 2.80. The lowest BCUT2D eigenvalue weighted by atomic mass is 10.3. The van der Waals surface area contributed by atoms with Crippen molar-refractivity contribution in [3.05, 3.63) is 16.5 Å². The van der Waals surface area contributed by atoms with Crippen LogP contribution in [0.2, 0.25) is 5.15 Å². The van der Waals surface area contributed by atoms with Crippen molar-refractivity contribution in [1.82, 2.24) is 9.97 Å². The molecule has 0 aliphatic heterocycles. The van der Waals surface area contributed by atoms with E-state index in [1.165, 1.54) is 0 Å². The van der Waals surface area contributed by atoms with E-state index in [9.17, 15) is 0 Å². The number of halogens is 1. The molecule has 0 saturated heterocycles. The van der Waals surface area contributed by atoms with Crippen LogP contribution < -0.4 is 4.90 Å². The van der Waals surface area contributed by atoms with Gasteiger partial charge in [-0.1, -0.05) is 11.6 Å². The number of hydrogen-bond acceptors (Lipinski definition) is 4. The fourth-order valence-electron chi connectivity index (χ4n) is 1.75. The second-order valence-corrected chi connectivity index (χ2v) is 4.46. The van der Waals surface area contributed by atoms with Gasteiger partial charge in [-0.25, -0.2) is 9.97 Å². The summed E-state index contributed by atoms with van der Waals surface area (Å²) in [7, 11) is 1.69. The van der Waals surface area contributed by atoms with E-state index in [0.717, 1.165) is 23.8 Å². The molecule has 0 aliphatic carbocycles. The topological polar surface area (TPSA) is 38.2 Å². The third kappa shape index (κ3) is 3.30. The van der Waals surface area contributed by atoms with Crippen LogP contribution in [-0.4, -0.2) is 36.3 Å². The van der Waals surface area contributed by atoms with Crippen LogP contribution in [0.3, 0.4) is 0 Å². The van der Waals surface area contributed by atoms with Crippen LogP contribution in [0.4, 0.5) is 5.82 Å². The predicted octanol–water partition coefficient (Wildman–Crippen LogP) is 2.61. The standard InChI is InChI=1S/C12H20ClN3O/c1-6-16(8(2)7-17-5)12-11(13)14-9(3)10(4)15-12/h8H,6-7H2,1-5H3. The lowest BCUT2D eigenvalue weighted by molar-refractivity contribution is 0.181. The number of likely N-dealkylation sites (N-methyl/N-ethyl adjacent to an activating group) is 1. The molecule has 1 aromatic heterocycles. The second-order valence-electron chi connectivity index (χ2n) is 4.10. The van der Waals surface area contributed by atoms with E-state index in [4.69, 9.17) is 16.3 Å². The van der Waals surface area contributed by atoms with E-state index in [2.05, 4.69) is 28.7 Å². The van der Waals surface area contributed by atoms with Crippen molar-refractivity contribution in [2.24, 2.45) is 0 Å². The molecule has 1 heterocycles. The Morgan fingerprint density at radius 3 is 2.41 bits per heavy atom. The molecule has 0 amide bonds. The summed E-state index contributed by atoms with van der Waals surface area (Å²) in [5.41, 5.74) is 1.78. The van der Waals surface area contributed by atoms with Gasteiger partial charge >= 0.3 is 0 Å². The van der Waals surface area contributed by atoms with E-state index < -0.39 is 0 Å². The fourth-order valence-corrected chi connectivity index (χ4v) is 2.03. The first-order chi connectivity index (χ1) is 8.01. The summed E-state index contributed by atoms with van der Waals surface area (Å²) in [5, 5.41) is 0.456. The highest BCUT2D eigenvalue weighted by Gasteiger charge is 2.18. The van der Waals surface area contributed by atoms with Gasteiger partial charge in [0.05, 0.1) is 24.0 Å². The van der Waals surface area contributed by atoms with Crippen LogP contribution in [0.15, 0.2) is 0 Å². The van der Waals surface area contributed by atoms with Crippen molar-refractivity contribution >= 4 is 17.4 Å². The highest BCUT2D eigenvalue weighted by molar-refractivity contribution is 6.31. The van der Waals surface area contributed by atoms with Crippen molar-refractivity contribution in [3.63, 3.8) is 0 Å². The lowest BCUT2D eigenvalue weighted by Gasteiger charge is -2.29. The maximum atomic E-state index is 6.16. The third-order valence-corrected chi connectivity index (χ3v) is 3.05. The summed E-state index contributed by atoms with van der Waals surface area (Å²) in [5.74, 6) is 0.738. The summed E-state index contributed by atoms with van der Waals surface area (Å²) < 4.78 is 5.17. The molecule has 0 saturated carbocycles. The summed E-state index contributed by atoms with van der Waals surface area (Å²) in [4.78, 5) is 10.9. The number of anilines is 1. The normalized spacial score (nSPS) is 12.6. The van der Waals surface area contributed by atoms with E-state index in [0.29, 0.717) is 11.8 Å². The monoisotopic (exact) mass is 257 g/mol. The van der Waals surface area contributed by atoms with Gasteiger partial charge in [0.1, 0.15) is 0 Å². The Hall–Kier alpha value is -0.870. The molecule has 0 aliphatic rings. The Morgan fingerprint density at radius 1 is 1.29 bits per heavy atom. The zero-order valence-corrected chi connectivity index (χ0v) is 11.9. The zero-order chi connectivity index (χ0) is 13.0. The zero-order valence-electron chi connectivity index (χ0n) is 11.1. The maximum Gasteiger partial charge on any atom is 0.171 e. The minimum absolute atomic E-state index is 0.221. The van der Waals surface area contributed by atoms with Crippen LogP contribution in [0, 0.1) is 13.8 Å². The molecule has 17 heavy (non-hydrogen) atoms. The van der Waals surface area contributed by atoms with Gasteiger partial charge in [-0.15, -0.1) is 0 Å². The Balaban J connectivity index is 3.07. The number of nitrogens with zero attached hydrogens (tertiary/aromatic N) is 3. The van der Waals surface area contributed by atoms with E-state index >= 15 is 0 Å². The van der Waals surface area contributed by atoms with Gasteiger partial charge in [0.15, 0.2) is 11.0 Å². The molecular weight excluding hydrogens is 238 g/mol. The average Bonchev–Trinajstić information content (AvgIpc) is 2.26. The second kappa shape index (κ2) is 6.17. The molecule has 1 atom stereocenters. The Morgan fingerprint density at radius 2 is 1.88 bits per heavy atom. The van der Waals surface area contributed by atoms with Gasteiger partial charge in [-0.3, -0.25) is 0 Å². The van der Waals surface area contributed by atoms with Gasteiger partial charge < -0.3 is 9.64 Å². The van der Waals surface area contributed by atoms with E-state index in [1.54, 1.807) is 7.11 Å². The van der Waals surface area contributed by atoms with Gasteiger partial charge in [0.2, 0.25) is 0 Å². The number of aryl methyl sites for hydroxylation is 2. The molecule has 0 N–H and O–H groups in total. The van der Waals surface area contributed by atoms with Crippen molar-refractivity contribution in [1.29, 1.82) is 0 Å². The molecule has 0 bridgehead atoms. The molecule has 1 unspecified atom stereocenters. The molecule has 5 heteroatoms. The van der Waals surface area contributed by atoms with Gasteiger partial charge in [-0.05, 0) is 27.7 Å². The average molecular weight is 258 g/mol. The largest absolute Gasteiger partial charge is 0.383 e. The smallest absolute Gasteiger partial charge is 0.171 e. The van der Waals surface area contributed by atoms with Crippen LogP contribution >= 0.6 is 11.6 Å². The summed E-state index contributed by atoms with van der Waals surface area (Å²) in [6, 6.07) is 0.221. The van der Waals surface area contributed by atoms with Crippen LogP contribution in [0.5, 0.6) is 0 Å². The first-order valence-electron chi connectivity index (χ1n) is 5.77. The molecule has 0 fully saturated rings. The molecule has 0 radical (unpaired) electrons. The molecule has 0 aromatic carbocycles. The van der Waals surface area contributed by atoms with Gasteiger partial charge in [0.25, 0.3) is 0 Å². The minimum atomic E-state index is 0.221.